The van der Waals surface area contributed by atoms with Crippen molar-refractivity contribution in [2.45, 2.75) is 70.5 Å². The van der Waals surface area contributed by atoms with Crippen LogP contribution in [0.25, 0.3) is 0 Å². The van der Waals surface area contributed by atoms with E-state index in [4.69, 9.17) is 0 Å². The smallest absolute Gasteiger partial charge is 0.239 e. The Kier molecular flexibility index (Phi) is 4.85. The lowest BCUT2D eigenvalue weighted by molar-refractivity contribution is -0.136. The molecule has 2 saturated heterocycles. The summed E-state index contributed by atoms with van der Waals surface area (Å²) in [6, 6.07) is 1.46. The van der Waals surface area contributed by atoms with Crippen molar-refractivity contribution in [3.8, 4) is 0 Å². The topological polar surface area (TPSA) is 26.8 Å². The molecule has 3 fully saturated rings. The fourth-order valence-electron chi connectivity index (χ4n) is 4.16. The zero-order chi connectivity index (χ0) is 14.8. The molecular formula is C17H31N3O. The summed E-state index contributed by atoms with van der Waals surface area (Å²) in [6.45, 7) is 9.70. The number of carbonyl (C=O) groups is 1. The van der Waals surface area contributed by atoms with Crippen LogP contribution in [0.3, 0.4) is 0 Å². The van der Waals surface area contributed by atoms with Crippen molar-refractivity contribution in [3.63, 3.8) is 0 Å². The minimum atomic E-state index is 0.153. The van der Waals surface area contributed by atoms with Crippen LogP contribution in [-0.4, -0.2) is 71.5 Å². The summed E-state index contributed by atoms with van der Waals surface area (Å²) >= 11 is 0. The first-order chi connectivity index (χ1) is 10.2. The predicted molar refractivity (Wildman–Crippen MR) is 85.3 cm³/mol. The third-order valence-electron chi connectivity index (χ3n) is 5.68. The minimum absolute atomic E-state index is 0.153. The molecule has 4 heteroatoms. The van der Waals surface area contributed by atoms with Gasteiger partial charge in [0.05, 0.1) is 6.04 Å². The van der Waals surface area contributed by atoms with Gasteiger partial charge in [-0.15, -0.1) is 0 Å². The molecule has 0 unspecified atom stereocenters. The fraction of sp³-hybridized carbons (Fsp3) is 0.941. The highest BCUT2D eigenvalue weighted by atomic mass is 16.2. The Hall–Kier alpha value is -0.610. The molecule has 120 valence electrons. The molecule has 21 heavy (non-hydrogen) atoms. The van der Waals surface area contributed by atoms with Crippen LogP contribution in [-0.2, 0) is 4.79 Å². The number of hydrogen-bond acceptors (Lipinski definition) is 3. The minimum Gasteiger partial charge on any atom is -0.340 e. The van der Waals surface area contributed by atoms with E-state index in [0.717, 1.165) is 45.1 Å². The molecule has 1 aliphatic carbocycles. The molecule has 0 N–H and O–H groups in total. The highest BCUT2D eigenvalue weighted by Gasteiger charge is 2.36. The largest absolute Gasteiger partial charge is 0.340 e. The lowest BCUT2D eigenvalue weighted by Gasteiger charge is -2.37. The van der Waals surface area contributed by atoms with E-state index in [9.17, 15) is 4.79 Å². The molecule has 0 aromatic carbocycles. The van der Waals surface area contributed by atoms with Crippen molar-refractivity contribution in [3.05, 3.63) is 0 Å². The van der Waals surface area contributed by atoms with Gasteiger partial charge in [-0.25, -0.2) is 0 Å². The lowest BCUT2D eigenvalue weighted by Crippen LogP contribution is -2.49. The van der Waals surface area contributed by atoms with Crippen molar-refractivity contribution in [1.29, 1.82) is 0 Å². The number of nitrogens with zero attached hydrogens (tertiary/aromatic N) is 3. The van der Waals surface area contributed by atoms with Crippen LogP contribution in [0.4, 0.5) is 0 Å². The van der Waals surface area contributed by atoms with Gasteiger partial charge in [0.15, 0.2) is 0 Å². The molecule has 1 amide bonds. The van der Waals surface area contributed by atoms with Gasteiger partial charge in [0, 0.05) is 38.3 Å². The monoisotopic (exact) mass is 293 g/mol. The predicted octanol–water partition coefficient (Wildman–Crippen LogP) is 1.95. The van der Waals surface area contributed by atoms with Gasteiger partial charge in [-0.05, 0) is 52.5 Å². The van der Waals surface area contributed by atoms with Gasteiger partial charge >= 0.3 is 0 Å². The molecule has 1 atom stereocenters. The molecule has 0 spiro atoms. The zero-order valence-electron chi connectivity index (χ0n) is 13.8. The van der Waals surface area contributed by atoms with E-state index in [2.05, 4.69) is 28.5 Å². The van der Waals surface area contributed by atoms with Gasteiger partial charge in [0.1, 0.15) is 0 Å². The Morgan fingerprint density at radius 2 is 1.71 bits per heavy atom. The standard InChI is InChI=1S/C17H31N3O/c1-14(2)20-11-4-8-16(20)17(21)19-10-5-9-18(12-13-19)15-6-3-7-15/h14-16H,3-13H2,1-2H3/t16-/m1/s1. The molecule has 3 rings (SSSR count). The first kappa shape index (κ1) is 15.3. The second-order valence-corrected chi connectivity index (χ2v) is 7.29. The molecule has 2 aliphatic heterocycles. The van der Waals surface area contributed by atoms with E-state index >= 15 is 0 Å². The van der Waals surface area contributed by atoms with Gasteiger partial charge in [0.2, 0.25) is 5.91 Å². The first-order valence-electron chi connectivity index (χ1n) is 8.95. The van der Waals surface area contributed by atoms with Crippen LogP contribution in [0.5, 0.6) is 0 Å². The molecule has 0 aromatic rings. The Labute approximate surface area is 129 Å². The van der Waals surface area contributed by atoms with Crippen LogP contribution in [0.1, 0.15) is 52.4 Å². The Morgan fingerprint density at radius 3 is 2.38 bits per heavy atom. The Balaban J connectivity index is 1.57. The van der Waals surface area contributed by atoms with Gasteiger partial charge in [-0.3, -0.25) is 14.6 Å². The fourth-order valence-corrected chi connectivity index (χ4v) is 4.16. The van der Waals surface area contributed by atoms with E-state index in [0.29, 0.717) is 11.9 Å². The normalized spacial score (nSPS) is 29.7. The number of amides is 1. The second-order valence-electron chi connectivity index (χ2n) is 7.29. The highest BCUT2D eigenvalue weighted by Crippen LogP contribution is 2.26. The second kappa shape index (κ2) is 6.66. The summed E-state index contributed by atoms with van der Waals surface area (Å²) in [4.78, 5) is 20.1. The maximum Gasteiger partial charge on any atom is 0.239 e. The third-order valence-corrected chi connectivity index (χ3v) is 5.68. The third kappa shape index (κ3) is 3.26. The van der Waals surface area contributed by atoms with Crippen molar-refractivity contribution < 1.29 is 4.79 Å². The van der Waals surface area contributed by atoms with E-state index in [-0.39, 0.29) is 6.04 Å². The summed E-state index contributed by atoms with van der Waals surface area (Å²) in [6.07, 6.45) is 7.53. The summed E-state index contributed by atoms with van der Waals surface area (Å²) in [5, 5.41) is 0. The summed E-state index contributed by atoms with van der Waals surface area (Å²) in [5.74, 6) is 0.400. The first-order valence-corrected chi connectivity index (χ1v) is 8.95. The maximum absolute atomic E-state index is 12.9. The lowest BCUT2D eigenvalue weighted by atomic mass is 9.91. The summed E-state index contributed by atoms with van der Waals surface area (Å²) < 4.78 is 0. The van der Waals surface area contributed by atoms with Crippen LogP contribution in [0, 0.1) is 0 Å². The van der Waals surface area contributed by atoms with Crippen LogP contribution < -0.4 is 0 Å². The molecule has 0 bridgehead atoms. The van der Waals surface area contributed by atoms with Gasteiger partial charge in [-0.2, -0.15) is 0 Å². The Bertz CT molecular complexity index is 367. The number of rotatable bonds is 3. The van der Waals surface area contributed by atoms with Crippen LogP contribution in [0.15, 0.2) is 0 Å². The number of hydrogen-bond donors (Lipinski definition) is 0. The number of carbonyl (C=O) groups excluding carboxylic acids is 1. The summed E-state index contributed by atoms with van der Waals surface area (Å²) in [5.41, 5.74) is 0. The molecule has 0 radical (unpaired) electrons. The molecule has 3 aliphatic rings. The highest BCUT2D eigenvalue weighted by molar-refractivity contribution is 5.82. The number of likely N-dealkylation sites (tertiary alicyclic amines) is 1. The summed E-state index contributed by atoms with van der Waals surface area (Å²) in [7, 11) is 0. The zero-order valence-corrected chi connectivity index (χ0v) is 13.8. The molecule has 4 nitrogen and oxygen atoms in total. The average Bonchev–Trinajstić information content (AvgIpc) is 2.77. The van der Waals surface area contributed by atoms with E-state index in [1.165, 1.54) is 32.2 Å². The van der Waals surface area contributed by atoms with Gasteiger partial charge in [-0.1, -0.05) is 6.42 Å². The van der Waals surface area contributed by atoms with Crippen molar-refractivity contribution in [2.24, 2.45) is 0 Å². The van der Waals surface area contributed by atoms with Crippen molar-refractivity contribution in [1.82, 2.24) is 14.7 Å². The van der Waals surface area contributed by atoms with Crippen LogP contribution >= 0.6 is 0 Å². The Morgan fingerprint density at radius 1 is 0.905 bits per heavy atom. The van der Waals surface area contributed by atoms with Crippen molar-refractivity contribution in [2.75, 3.05) is 32.7 Å². The van der Waals surface area contributed by atoms with Crippen LogP contribution in [0.2, 0.25) is 0 Å². The van der Waals surface area contributed by atoms with Gasteiger partial charge in [0.25, 0.3) is 0 Å². The average molecular weight is 293 g/mol. The van der Waals surface area contributed by atoms with E-state index in [1.54, 1.807) is 0 Å². The van der Waals surface area contributed by atoms with E-state index < -0.39 is 0 Å². The molecule has 2 heterocycles. The SMILES string of the molecule is CC(C)N1CCC[C@@H]1C(=O)N1CCCN(C2CCC2)CC1. The molecule has 0 aromatic heterocycles. The van der Waals surface area contributed by atoms with Gasteiger partial charge < -0.3 is 4.90 Å². The maximum atomic E-state index is 12.9. The van der Waals surface area contributed by atoms with Crippen molar-refractivity contribution >= 4 is 5.91 Å². The molecular weight excluding hydrogens is 262 g/mol. The van der Waals surface area contributed by atoms with E-state index in [1.807, 2.05) is 0 Å². The quantitative estimate of drug-likeness (QED) is 0.796. The molecule has 1 saturated carbocycles.